The van der Waals surface area contributed by atoms with E-state index in [4.69, 9.17) is 22.1 Å². The van der Waals surface area contributed by atoms with Crippen molar-refractivity contribution in [1.29, 1.82) is 0 Å². The highest BCUT2D eigenvalue weighted by atomic mass is 35.5. The van der Waals surface area contributed by atoms with E-state index in [-0.39, 0.29) is 10.8 Å². The average Bonchev–Trinajstić information content (AvgIpc) is 2.30. The van der Waals surface area contributed by atoms with Gasteiger partial charge in [0, 0.05) is 17.8 Å². The number of aromatic nitrogens is 1. The molecule has 2 aromatic rings. The molecule has 0 aliphatic heterocycles. The van der Waals surface area contributed by atoms with Gasteiger partial charge in [0.15, 0.2) is 0 Å². The van der Waals surface area contributed by atoms with Crippen molar-refractivity contribution in [3.8, 4) is 5.75 Å². The van der Waals surface area contributed by atoms with Crippen molar-refractivity contribution in [3.63, 3.8) is 0 Å². The first-order valence-corrected chi connectivity index (χ1v) is 5.50. The first-order chi connectivity index (χ1) is 8.58. The molecule has 2 rings (SSSR count). The van der Waals surface area contributed by atoms with Crippen LogP contribution in [0.3, 0.4) is 0 Å². The van der Waals surface area contributed by atoms with E-state index in [1.54, 1.807) is 6.07 Å². The minimum Gasteiger partial charge on any atom is -0.497 e. The van der Waals surface area contributed by atoms with Gasteiger partial charge in [0.25, 0.3) is 0 Å². The van der Waals surface area contributed by atoms with Crippen molar-refractivity contribution in [3.05, 3.63) is 41.3 Å². The van der Waals surface area contributed by atoms with E-state index in [2.05, 4.69) is 10.3 Å². The lowest BCUT2D eigenvalue weighted by molar-refractivity contribution is 0.414. The van der Waals surface area contributed by atoms with Crippen LogP contribution in [0.25, 0.3) is 0 Å². The van der Waals surface area contributed by atoms with E-state index in [1.807, 2.05) is 0 Å². The number of nitrogens with two attached hydrogens (primary N) is 1. The van der Waals surface area contributed by atoms with Gasteiger partial charge in [-0.05, 0) is 18.2 Å². The third-order valence-electron chi connectivity index (χ3n) is 2.25. The summed E-state index contributed by atoms with van der Waals surface area (Å²) in [6, 6.07) is 7.42. The lowest BCUT2D eigenvalue weighted by Gasteiger charge is -2.09. The van der Waals surface area contributed by atoms with Gasteiger partial charge in [0.2, 0.25) is 0 Å². The predicted octanol–water partition coefficient (Wildman–Crippen LogP) is 3.21. The van der Waals surface area contributed by atoms with Gasteiger partial charge in [-0.15, -0.1) is 0 Å². The summed E-state index contributed by atoms with van der Waals surface area (Å²) in [4.78, 5) is 3.99. The highest BCUT2D eigenvalue weighted by Gasteiger charge is 2.06. The second-order valence-electron chi connectivity index (χ2n) is 3.58. The molecule has 0 aliphatic carbocycles. The highest BCUT2D eigenvalue weighted by Crippen LogP contribution is 2.25. The molecular weight excluding hydrogens is 257 g/mol. The molecule has 4 nitrogen and oxygen atoms in total. The minimum atomic E-state index is -0.420. The van der Waals surface area contributed by atoms with E-state index in [0.29, 0.717) is 17.3 Å². The number of hydrogen-bond donors (Lipinski definition) is 2. The molecule has 0 saturated heterocycles. The fraction of sp³-hybridized carbons (Fsp3) is 0.0833. The molecule has 0 amide bonds. The Labute approximate surface area is 109 Å². The molecule has 6 heteroatoms. The zero-order valence-corrected chi connectivity index (χ0v) is 10.3. The molecule has 0 atom stereocenters. The summed E-state index contributed by atoms with van der Waals surface area (Å²) < 4.78 is 18.6. The molecule has 0 saturated carbocycles. The van der Waals surface area contributed by atoms with Crippen LogP contribution >= 0.6 is 11.6 Å². The summed E-state index contributed by atoms with van der Waals surface area (Å²) >= 11 is 5.77. The van der Waals surface area contributed by atoms with Crippen molar-refractivity contribution in [1.82, 2.24) is 4.98 Å². The zero-order valence-electron chi connectivity index (χ0n) is 9.58. The maximum Gasteiger partial charge on any atom is 0.146 e. The van der Waals surface area contributed by atoms with E-state index in [9.17, 15) is 4.39 Å². The Morgan fingerprint density at radius 3 is 2.78 bits per heavy atom. The second-order valence-corrected chi connectivity index (χ2v) is 3.97. The van der Waals surface area contributed by atoms with Crippen LogP contribution in [0, 0.1) is 5.82 Å². The molecule has 1 aromatic heterocycles. The number of hydrogen-bond acceptors (Lipinski definition) is 4. The van der Waals surface area contributed by atoms with Gasteiger partial charge in [-0.25, -0.2) is 9.37 Å². The number of rotatable bonds is 3. The highest BCUT2D eigenvalue weighted by molar-refractivity contribution is 6.29. The number of benzene rings is 1. The van der Waals surface area contributed by atoms with Gasteiger partial charge in [-0.3, -0.25) is 0 Å². The summed E-state index contributed by atoms with van der Waals surface area (Å²) in [5, 5.41) is 3.03. The Morgan fingerprint density at radius 1 is 1.33 bits per heavy atom. The van der Waals surface area contributed by atoms with Crippen LogP contribution in [0.2, 0.25) is 5.15 Å². The summed E-state index contributed by atoms with van der Waals surface area (Å²) in [5.41, 5.74) is 6.31. The Hall–Kier alpha value is -2.01. The Morgan fingerprint density at radius 2 is 2.11 bits per heavy atom. The number of nitrogen functional groups attached to an aromatic ring is 1. The SMILES string of the molecule is COc1ccc(F)c(Nc2cc(N)cc(Cl)n2)c1. The smallest absolute Gasteiger partial charge is 0.146 e. The molecule has 1 heterocycles. The van der Waals surface area contributed by atoms with Crippen LogP contribution < -0.4 is 15.8 Å². The van der Waals surface area contributed by atoms with Gasteiger partial charge >= 0.3 is 0 Å². The van der Waals surface area contributed by atoms with E-state index in [1.165, 1.54) is 31.4 Å². The quantitative estimate of drug-likeness (QED) is 0.839. The van der Waals surface area contributed by atoms with Crippen molar-refractivity contribution >= 4 is 28.8 Å². The molecule has 0 radical (unpaired) electrons. The fourth-order valence-corrected chi connectivity index (χ4v) is 1.66. The second kappa shape index (κ2) is 5.10. The molecule has 18 heavy (non-hydrogen) atoms. The van der Waals surface area contributed by atoms with Gasteiger partial charge in [-0.2, -0.15) is 0 Å². The van der Waals surface area contributed by atoms with Crippen LogP contribution in [-0.4, -0.2) is 12.1 Å². The van der Waals surface area contributed by atoms with Crippen molar-refractivity contribution in [2.75, 3.05) is 18.2 Å². The summed E-state index contributed by atoms with van der Waals surface area (Å²) in [5.74, 6) is 0.484. The van der Waals surface area contributed by atoms with E-state index in [0.717, 1.165) is 0 Å². The molecular formula is C12H11ClFN3O. The molecule has 0 aliphatic rings. The standard InChI is InChI=1S/C12H11ClFN3O/c1-18-8-2-3-9(14)10(6-8)16-12-5-7(15)4-11(13)17-12/h2-6H,1H3,(H3,15,16,17). The number of nitrogens with zero attached hydrogens (tertiary/aromatic N) is 1. The number of pyridine rings is 1. The topological polar surface area (TPSA) is 60.2 Å². The van der Waals surface area contributed by atoms with Crippen molar-refractivity contribution < 1.29 is 9.13 Å². The van der Waals surface area contributed by atoms with Gasteiger partial charge in [-0.1, -0.05) is 11.6 Å². The lowest BCUT2D eigenvalue weighted by Crippen LogP contribution is -1.98. The van der Waals surface area contributed by atoms with E-state index >= 15 is 0 Å². The van der Waals surface area contributed by atoms with E-state index < -0.39 is 5.82 Å². The van der Waals surface area contributed by atoms with Gasteiger partial charge in [0.1, 0.15) is 22.5 Å². The maximum absolute atomic E-state index is 13.6. The summed E-state index contributed by atoms with van der Waals surface area (Å²) in [7, 11) is 1.51. The largest absolute Gasteiger partial charge is 0.497 e. The summed E-state index contributed by atoms with van der Waals surface area (Å²) in [6.45, 7) is 0. The van der Waals surface area contributed by atoms with Crippen molar-refractivity contribution in [2.45, 2.75) is 0 Å². The Balaban J connectivity index is 2.33. The number of nitrogens with one attached hydrogen (secondary N) is 1. The Kier molecular flexibility index (Phi) is 3.53. The molecule has 0 unspecified atom stereocenters. The van der Waals surface area contributed by atoms with Crippen LogP contribution in [0.4, 0.5) is 21.6 Å². The first kappa shape index (κ1) is 12.4. The maximum atomic E-state index is 13.6. The predicted molar refractivity (Wildman–Crippen MR) is 69.9 cm³/mol. The number of methoxy groups -OCH3 is 1. The van der Waals surface area contributed by atoms with Crippen LogP contribution in [0.5, 0.6) is 5.75 Å². The number of anilines is 3. The molecule has 0 bridgehead atoms. The first-order valence-electron chi connectivity index (χ1n) is 5.12. The zero-order chi connectivity index (χ0) is 13.1. The molecule has 1 aromatic carbocycles. The minimum absolute atomic E-state index is 0.237. The summed E-state index contributed by atoms with van der Waals surface area (Å²) in [6.07, 6.45) is 0. The Bertz CT molecular complexity index is 557. The van der Waals surface area contributed by atoms with Crippen LogP contribution in [-0.2, 0) is 0 Å². The molecule has 0 spiro atoms. The normalized spacial score (nSPS) is 10.2. The molecule has 0 fully saturated rings. The monoisotopic (exact) mass is 267 g/mol. The average molecular weight is 268 g/mol. The van der Waals surface area contributed by atoms with Crippen LogP contribution in [0.15, 0.2) is 30.3 Å². The lowest BCUT2D eigenvalue weighted by atomic mass is 10.3. The third-order valence-corrected chi connectivity index (χ3v) is 2.45. The third kappa shape index (κ3) is 2.81. The fourth-order valence-electron chi connectivity index (χ4n) is 1.45. The molecule has 3 N–H and O–H groups in total. The van der Waals surface area contributed by atoms with Crippen LogP contribution in [0.1, 0.15) is 0 Å². The number of ether oxygens (including phenoxy) is 1. The number of halogens is 2. The van der Waals surface area contributed by atoms with Gasteiger partial charge in [0.05, 0.1) is 12.8 Å². The molecule has 94 valence electrons. The van der Waals surface area contributed by atoms with Gasteiger partial charge < -0.3 is 15.8 Å². The van der Waals surface area contributed by atoms with Crippen molar-refractivity contribution in [2.24, 2.45) is 0 Å².